The summed E-state index contributed by atoms with van der Waals surface area (Å²) >= 11 is 5.32. The second-order valence-corrected chi connectivity index (χ2v) is 5.29. The largest absolute Gasteiger partial charge is 0.497 e. The van der Waals surface area contributed by atoms with E-state index in [-0.39, 0.29) is 0 Å². The van der Waals surface area contributed by atoms with Crippen LogP contribution in [0.25, 0.3) is 0 Å². The molecule has 0 heterocycles. The molecule has 0 spiro atoms. The Balaban J connectivity index is 1.84. The van der Waals surface area contributed by atoms with Crippen molar-refractivity contribution in [3.05, 3.63) is 60.2 Å². The molecule has 2 rings (SSSR count). The predicted octanol–water partition coefficient (Wildman–Crippen LogP) is 3.79. The summed E-state index contributed by atoms with van der Waals surface area (Å²) in [5.41, 5.74) is 2.22. The van der Waals surface area contributed by atoms with E-state index < -0.39 is 0 Å². The third kappa shape index (κ3) is 4.76. The van der Waals surface area contributed by atoms with Crippen molar-refractivity contribution in [2.75, 3.05) is 19.0 Å². The second kappa shape index (κ2) is 7.64. The lowest BCUT2D eigenvalue weighted by Gasteiger charge is -2.15. The molecule has 110 valence electrons. The van der Waals surface area contributed by atoms with Gasteiger partial charge in [-0.05, 0) is 35.8 Å². The molecular weight excluding hydrogens is 280 g/mol. The number of hydrogen-bond donors (Lipinski definition) is 2. The molecule has 1 atom stereocenters. The molecule has 0 aliphatic heterocycles. The number of anilines is 1. The lowest BCUT2D eigenvalue weighted by atomic mass is 10.0. The summed E-state index contributed by atoms with van der Waals surface area (Å²) in [6, 6.07) is 18.1. The first-order chi connectivity index (χ1) is 10.2. The van der Waals surface area contributed by atoms with Gasteiger partial charge in [-0.2, -0.15) is 0 Å². The Labute approximate surface area is 131 Å². The van der Waals surface area contributed by atoms with Gasteiger partial charge in [0.25, 0.3) is 0 Å². The zero-order valence-electron chi connectivity index (χ0n) is 12.3. The fourth-order valence-electron chi connectivity index (χ4n) is 2.02. The summed E-state index contributed by atoms with van der Waals surface area (Å²) in [6.45, 7) is 2.97. The zero-order valence-corrected chi connectivity index (χ0v) is 13.1. The van der Waals surface area contributed by atoms with E-state index in [1.807, 2.05) is 30.3 Å². The van der Waals surface area contributed by atoms with Gasteiger partial charge in [0.2, 0.25) is 0 Å². The van der Waals surface area contributed by atoms with Gasteiger partial charge in [-0.3, -0.25) is 0 Å². The Morgan fingerprint density at radius 3 is 2.62 bits per heavy atom. The number of thiocarbonyl (C=S) groups is 1. The Morgan fingerprint density at radius 1 is 1.14 bits per heavy atom. The van der Waals surface area contributed by atoms with Crippen LogP contribution in [0.5, 0.6) is 5.75 Å². The first kappa shape index (κ1) is 15.3. The molecule has 0 bridgehead atoms. The lowest BCUT2D eigenvalue weighted by Crippen LogP contribution is -2.31. The maximum absolute atomic E-state index is 5.32. The predicted molar refractivity (Wildman–Crippen MR) is 92.1 cm³/mol. The summed E-state index contributed by atoms with van der Waals surface area (Å²) < 4.78 is 5.19. The molecule has 0 aromatic heterocycles. The highest BCUT2D eigenvalue weighted by molar-refractivity contribution is 7.80. The van der Waals surface area contributed by atoms with E-state index in [0.29, 0.717) is 11.0 Å². The quantitative estimate of drug-likeness (QED) is 0.823. The molecule has 21 heavy (non-hydrogen) atoms. The van der Waals surface area contributed by atoms with Crippen LogP contribution in [0.4, 0.5) is 5.69 Å². The zero-order chi connectivity index (χ0) is 15.1. The third-order valence-corrected chi connectivity index (χ3v) is 3.51. The molecule has 0 aliphatic rings. The smallest absolute Gasteiger partial charge is 0.170 e. The average molecular weight is 300 g/mol. The standard InChI is InChI=1S/C17H20N2OS/c1-13(14-7-4-3-5-8-14)12-18-17(21)19-15-9-6-10-16(11-15)20-2/h3-11,13H,12H2,1-2H3,(H2,18,19,21)/t13-/m1/s1. The van der Waals surface area contributed by atoms with Crippen LogP contribution < -0.4 is 15.4 Å². The highest BCUT2D eigenvalue weighted by atomic mass is 32.1. The lowest BCUT2D eigenvalue weighted by molar-refractivity contribution is 0.415. The first-order valence-electron chi connectivity index (χ1n) is 6.93. The van der Waals surface area contributed by atoms with Crippen molar-refractivity contribution in [3.63, 3.8) is 0 Å². The maximum Gasteiger partial charge on any atom is 0.170 e. The van der Waals surface area contributed by atoms with Gasteiger partial charge in [-0.1, -0.05) is 43.3 Å². The minimum absolute atomic E-state index is 0.399. The molecule has 0 unspecified atom stereocenters. The molecule has 2 aromatic rings. The van der Waals surface area contributed by atoms with Gasteiger partial charge in [0, 0.05) is 18.3 Å². The van der Waals surface area contributed by atoms with Gasteiger partial charge >= 0.3 is 0 Å². The molecule has 2 aromatic carbocycles. The van der Waals surface area contributed by atoms with Crippen molar-refractivity contribution < 1.29 is 4.74 Å². The molecule has 0 aliphatic carbocycles. The number of rotatable bonds is 5. The molecular formula is C17H20N2OS. The number of ether oxygens (including phenoxy) is 1. The molecule has 3 nitrogen and oxygen atoms in total. The fourth-order valence-corrected chi connectivity index (χ4v) is 2.22. The van der Waals surface area contributed by atoms with Gasteiger partial charge in [-0.25, -0.2) is 0 Å². The van der Waals surface area contributed by atoms with Gasteiger partial charge in [0.1, 0.15) is 5.75 Å². The van der Waals surface area contributed by atoms with Gasteiger partial charge in [-0.15, -0.1) is 0 Å². The normalized spacial score (nSPS) is 11.5. The van der Waals surface area contributed by atoms with E-state index in [2.05, 4.69) is 41.8 Å². The van der Waals surface area contributed by atoms with Crippen LogP contribution in [0.1, 0.15) is 18.4 Å². The number of methoxy groups -OCH3 is 1. The van der Waals surface area contributed by atoms with Crippen molar-refractivity contribution >= 4 is 23.0 Å². The van der Waals surface area contributed by atoms with Crippen molar-refractivity contribution in [1.82, 2.24) is 5.32 Å². The Bertz CT molecular complexity index is 586. The Morgan fingerprint density at radius 2 is 1.90 bits per heavy atom. The van der Waals surface area contributed by atoms with Gasteiger partial charge in [0.15, 0.2) is 5.11 Å². The third-order valence-electron chi connectivity index (χ3n) is 3.27. The van der Waals surface area contributed by atoms with E-state index in [9.17, 15) is 0 Å². The van der Waals surface area contributed by atoms with Crippen LogP contribution in [0, 0.1) is 0 Å². The van der Waals surface area contributed by atoms with Gasteiger partial charge < -0.3 is 15.4 Å². The Kier molecular flexibility index (Phi) is 5.58. The van der Waals surface area contributed by atoms with E-state index >= 15 is 0 Å². The second-order valence-electron chi connectivity index (χ2n) is 4.88. The van der Waals surface area contributed by atoms with E-state index in [4.69, 9.17) is 17.0 Å². The SMILES string of the molecule is COc1cccc(NC(=S)NC[C@@H](C)c2ccccc2)c1. The van der Waals surface area contributed by atoms with Crippen molar-refractivity contribution in [2.24, 2.45) is 0 Å². The number of hydrogen-bond acceptors (Lipinski definition) is 2. The summed E-state index contributed by atoms with van der Waals surface area (Å²) in [5, 5.41) is 7.03. The summed E-state index contributed by atoms with van der Waals surface area (Å²) in [5.74, 6) is 1.21. The van der Waals surface area contributed by atoms with E-state index in [1.165, 1.54) is 5.56 Å². The molecule has 2 N–H and O–H groups in total. The van der Waals surface area contributed by atoms with E-state index in [0.717, 1.165) is 18.0 Å². The van der Waals surface area contributed by atoms with Crippen molar-refractivity contribution in [2.45, 2.75) is 12.8 Å². The highest BCUT2D eigenvalue weighted by Crippen LogP contribution is 2.17. The van der Waals surface area contributed by atoms with Crippen LogP contribution in [0.15, 0.2) is 54.6 Å². The maximum atomic E-state index is 5.32. The topological polar surface area (TPSA) is 33.3 Å². The van der Waals surface area contributed by atoms with Crippen molar-refractivity contribution in [3.8, 4) is 5.75 Å². The van der Waals surface area contributed by atoms with Crippen LogP contribution in [0.3, 0.4) is 0 Å². The molecule has 0 saturated heterocycles. The van der Waals surface area contributed by atoms with Crippen LogP contribution in [0.2, 0.25) is 0 Å². The first-order valence-corrected chi connectivity index (χ1v) is 7.33. The van der Waals surface area contributed by atoms with Crippen LogP contribution >= 0.6 is 12.2 Å². The fraction of sp³-hybridized carbons (Fsp3) is 0.235. The van der Waals surface area contributed by atoms with Crippen LogP contribution in [-0.2, 0) is 0 Å². The monoisotopic (exact) mass is 300 g/mol. The molecule has 0 radical (unpaired) electrons. The van der Waals surface area contributed by atoms with Gasteiger partial charge in [0.05, 0.1) is 7.11 Å². The van der Waals surface area contributed by atoms with Crippen molar-refractivity contribution in [1.29, 1.82) is 0 Å². The summed E-state index contributed by atoms with van der Waals surface area (Å²) in [6.07, 6.45) is 0. The minimum atomic E-state index is 0.399. The summed E-state index contributed by atoms with van der Waals surface area (Å²) in [7, 11) is 1.65. The Hall–Kier alpha value is -2.07. The highest BCUT2D eigenvalue weighted by Gasteiger charge is 2.06. The number of nitrogens with one attached hydrogen (secondary N) is 2. The van der Waals surface area contributed by atoms with Crippen LogP contribution in [-0.4, -0.2) is 18.8 Å². The average Bonchev–Trinajstić information content (AvgIpc) is 2.53. The molecule has 0 amide bonds. The molecule has 0 saturated carbocycles. The molecule has 4 heteroatoms. The van der Waals surface area contributed by atoms with E-state index in [1.54, 1.807) is 7.11 Å². The number of benzene rings is 2. The summed E-state index contributed by atoms with van der Waals surface area (Å²) in [4.78, 5) is 0. The minimum Gasteiger partial charge on any atom is -0.497 e. The molecule has 0 fully saturated rings.